The molecule has 0 spiro atoms. The molecule has 3 rings (SSSR count). The fraction of sp³-hybridized carbons (Fsp3) is 0.375. The number of piperazine rings is 1. The molecule has 1 aliphatic rings. The van der Waals surface area contributed by atoms with Crippen molar-refractivity contribution in [1.29, 1.82) is 0 Å². The van der Waals surface area contributed by atoms with Crippen molar-refractivity contribution in [3.8, 4) is 0 Å². The molecule has 1 saturated heterocycles. The van der Waals surface area contributed by atoms with Gasteiger partial charge in [-0.1, -0.05) is 18.2 Å². The smallest absolute Gasteiger partial charge is 0.0696 e. The molecule has 106 valence electrons. The van der Waals surface area contributed by atoms with Crippen LogP contribution in [0.5, 0.6) is 0 Å². The quantitative estimate of drug-likeness (QED) is 0.871. The van der Waals surface area contributed by atoms with E-state index in [1.807, 2.05) is 11.3 Å². The van der Waals surface area contributed by atoms with Gasteiger partial charge in [-0.15, -0.1) is 23.1 Å². The van der Waals surface area contributed by atoms with Gasteiger partial charge in [0.1, 0.15) is 0 Å². The first-order valence-electron chi connectivity index (χ1n) is 7.00. The molecule has 1 aliphatic heterocycles. The number of nitrogens with zero attached hydrogens (tertiary/aromatic N) is 1. The van der Waals surface area contributed by atoms with Crippen molar-refractivity contribution in [1.82, 2.24) is 10.2 Å². The summed E-state index contributed by atoms with van der Waals surface area (Å²) in [6, 6.07) is 13.9. The molecule has 2 nitrogen and oxygen atoms in total. The lowest BCUT2D eigenvalue weighted by molar-refractivity contribution is 0.200. The lowest BCUT2D eigenvalue weighted by Gasteiger charge is -2.34. The van der Waals surface area contributed by atoms with E-state index in [1.165, 1.54) is 15.3 Å². The first kappa shape index (κ1) is 14.1. The molecule has 0 amide bonds. The predicted octanol–water partition coefficient (Wildman–Crippen LogP) is 3.46. The molecule has 20 heavy (non-hydrogen) atoms. The lowest BCUT2D eigenvalue weighted by Crippen LogP contribution is -2.45. The number of rotatable bonds is 4. The van der Waals surface area contributed by atoms with Crippen LogP contribution in [0.2, 0.25) is 0 Å². The van der Waals surface area contributed by atoms with Crippen LogP contribution in [-0.2, 0) is 0 Å². The van der Waals surface area contributed by atoms with Gasteiger partial charge in [0, 0.05) is 36.0 Å². The van der Waals surface area contributed by atoms with E-state index in [-0.39, 0.29) is 0 Å². The van der Waals surface area contributed by atoms with Crippen molar-refractivity contribution in [2.75, 3.05) is 32.4 Å². The average Bonchev–Trinajstić information content (AvgIpc) is 3.03. The Kier molecular flexibility index (Phi) is 4.78. The summed E-state index contributed by atoms with van der Waals surface area (Å²) in [6.45, 7) is 4.41. The molecule has 1 fully saturated rings. The summed E-state index contributed by atoms with van der Waals surface area (Å²) >= 11 is 3.66. The van der Waals surface area contributed by atoms with E-state index in [1.54, 1.807) is 11.8 Å². The third-order valence-corrected chi connectivity index (χ3v) is 5.43. The largest absolute Gasteiger partial charge is 0.314 e. The number of benzene rings is 1. The number of hydrogen-bond donors (Lipinski definition) is 1. The molecule has 1 atom stereocenters. The van der Waals surface area contributed by atoms with Gasteiger partial charge in [-0.2, -0.15) is 0 Å². The first-order valence-corrected chi connectivity index (χ1v) is 9.11. The number of hydrogen-bond acceptors (Lipinski definition) is 4. The predicted molar refractivity (Wildman–Crippen MR) is 88.8 cm³/mol. The standard InChI is InChI=1S/C16H20N2S2/c1-19-14-6-4-13(5-7-14)16(15-3-2-12-20-15)18-10-8-17-9-11-18/h2-7,12,16-17H,8-11H2,1H3/t16-/m0/s1. The molecule has 0 radical (unpaired) electrons. The van der Waals surface area contributed by atoms with Crippen molar-refractivity contribution in [2.24, 2.45) is 0 Å². The Bertz CT molecular complexity index is 516. The zero-order valence-electron chi connectivity index (χ0n) is 11.7. The van der Waals surface area contributed by atoms with Crippen molar-refractivity contribution in [3.63, 3.8) is 0 Å². The van der Waals surface area contributed by atoms with Crippen LogP contribution in [-0.4, -0.2) is 37.3 Å². The van der Waals surface area contributed by atoms with Gasteiger partial charge in [-0.3, -0.25) is 4.90 Å². The first-order chi connectivity index (χ1) is 9.88. The van der Waals surface area contributed by atoms with Gasteiger partial charge in [0.2, 0.25) is 0 Å². The molecule has 1 aromatic heterocycles. The summed E-state index contributed by atoms with van der Waals surface area (Å²) in [4.78, 5) is 5.37. The fourth-order valence-corrected chi connectivity index (χ4v) is 4.02. The second kappa shape index (κ2) is 6.76. The van der Waals surface area contributed by atoms with Crippen LogP contribution in [0, 0.1) is 0 Å². The van der Waals surface area contributed by atoms with Gasteiger partial charge in [-0.25, -0.2) is 0 Å². The van der Waals surface area contributed by atoms with Crippen LogP contribution in [0.3, 0.4) is 0 Å². The van der Waals surface area contributed by atoms with Crippen molar-refractivity contribution < 1.29 is 0 Å². The third kappa shape index (κ3) is 3.09. The molecule has 0 unspecified atom stereocenters. The molecule has 0 aliphatic carbocycles. The zero-order valence-corrected chi connectivity index (χ0v) is 13.3. The zero-order chi connectivity index (χ0) is 13.8. The number of thioether (sulfide) groups is 1. The Morgan fingerprint density at radius 3 is 2.50 bits per heavy atom. The maximum Gasteiger partial charge on any atom is 0.0696 e. The summed E-state index contributed by atoms with van der Waals surface area (Å²) in [5.41, 5.74) is 1.41. The van der Waals surface area contributed by atoms with Crippen molar-refractivity contribution in [3.05, 3.63) is 52.2 Å². The maximum absolute atomic E-state index is 3.44. The van der Waals surface area contributed by atoms with E-state index in [4.69, 9.17) is 0 Å². The number of thiophene rings is 1. The summed E-state index contributed by atoms with van der Waals surface area (Å²) in [5.74, 6) is 0. The molecule has 4 heteroatoms. The monoisotopic (exact) mass is 304 g/mol. The average molecular weight is 304 g/mol. The molecular weight excluding hydrogens is 284 g/mol. The van der Waals surface area contributed by atoms with E-state index >= 15 is 0 Å². The van der Waals surface area contributed by atoms with Crippen molar-refractivity contribution in [2.45, 2.75) is 10.9 Å². The van der Waals surface area contributed by atoms with E-state index < -0.39 is 0 Å². The molecule has 2 heterocycles. The van der Waals surface area contributed by atoms with Crippen LogP contribution < -0.4 is 5.32 Å². The highest BCUT2D eigenvalue weighted by atomic mass is 32.2. The Hall–Kier alpha value is -0.810. The maximum atomic E-state index is 3.44. The summed E-state index contributed by atoms with van der Waals surface area (Å²) in [6.07, 6.45) is 2.13. The summed E-state index contributed by atoms with van der Waals surface area (Å²) < 4.78 is 0. The minimum Gasteiger partial charge on any atom is -0.314 e. The normalized spacial score (nSPS) is 18.1. The summed E-state index contributed by atoms with van der Waals surface area (Å²) in [7, 11) is 0. The van der Waals surface area contributed by atoms with Crippen LogP contribution in [0.4, 0.5) is 0 Å². The molecule has 1 N–H and O–H groups in total. The highest BCUT2D eigenvalue weighted by Crippen LogP contribution is 2.32. The third-order valence-electron chi connectivity index (χ3n) is 3.76. The van der Waals surface area contributed by atoms with Gasteiger partial charge in [0.05, 0.1) is 6.04 Å². The van der Waals surface area contributed by atoms with E-state index in [2.05, 4.69) is 58.3 Å². The number of nitrogens with one attached hydrogen (secondary N) is 1. The fourth-order valence-electron chi connectivity index (χ4n) is 2.73. The molecular formula is C16H20N2S2. The highest BCUT2D eigenvalue weighted by Gasteiger charge is 2.24. The van der Waals surface area contributed by atoms with E-state index in [0.717, 1.165) is 26.2 Å². The van der Waals surface area contributed by atoms with Gasteiger partial charge >= 0.3 is 0 Å². The molecule has 0 bridgehead atoms. The molecule has 1 aromatic carbocycles. The van der Waals surface area contributed by atoms with Gasteiger partial charge in [-0.05, 0) is 35.4 Å². The van der Waals surface area contributed by atoms with Crippen LogP contribution in [0.1, 0.15) is 16.5 Å². The summed E-state index contributed by atoms with van der Waals surface area (Å²) in [5, 5.41) is 5.62. The molecule has 2 aromatic rings. The van der Waals surface area contributed by atoms with E-state index in [0.29, 0.717) is 6.04 Å². The Balaban J connectivity index is 1.91. The minimum absolute atomic E-state index is 0.410. The van der Waals surface area contributed by atoms with Crippen LogP contribution in [0.15, 0.2) is 46.7 Å². The van der Waals surface area contributed by atoms with Crippen molar-refractivity contribution >= 4 is 23.1 Å². The molecule has 0 saturated carbocycles. The van der Waals surface area contributed by atoms with Gasteiger partial charge in [0.25, 0.3) is 0 Å². The van der Waals surface area contributed by atoms with Gasteiger partial charge < -0.3 is 5.32 Å². The second-order valence-electron chi connectivity index (χ2n) is 4.98. The van der Waals surface area contributed by atoms with E-state index in [9.17, 15) is 0 Å². The topological polar surface area (TPSA) is 15.3 Å². The van der Waals surface area contributed by atoms with Crippen LogP contribution >= 0.6 is 23.1 Å². The Labute approximate surface area is 129 Å². The lowest BCUT2D eigenvalue weighted by atomic mass is 10.0. The second-order valence-corrected chi connectivity index (χ2v) is 6.84. The Morgan fingerprint density at radius 2 is 1.90 bits per heavy atom. The van der Waals surface area contributed by atoms with Crippen LogP contribution in [0.25, 0.3) is 0 Å². The Morgan fingerprint density at radius 1 is 1.15 bits per heavy atom. The SMILES string of the molecule is CSc1ccc([C@@H](c2cccs2)N2CCNCC2)cc1. The van der Waals surface area contributed by atoms with Gasteiger partial charge in [0.15, 0.2) is 0 Å². The highest BCUT2D eigenvalue weighted by molar-refractivity contribution is 7.98. The minimum atomic E-state index is 0.410.